The van der Waals surface area contributed by atoms with Crippen molar-refractivity contribution in [2.45, 2.75) is 24.8 Å². The number of likely N-dealkylation sites (N-methyl/N-ethyl adjacent to an activating group) is 2. The van der Waals surface area contributed by atoms with Gasteiger partial charge >= 0.3 is 5.97 Å². The van der Waals surface area contributed by atoms with Gasteiger partial charge in [0.05, 0.1) is 32.8 Å². The number of nitrogens with zero attached hydrogens (tertiary/aromatic N) is 2. The Bertz CT molecular complexity index is 1270. The maximum absolute atomic E-state index is 13.3. The number of ether oxygens (including phenoxy) is 5. The summed E-state index contributed by atoms with van der Waals surface area (Å²) in [5.74, 6) is -0.255. The monoisotopic (exact) mass is 569 g/mol. The van der Waals surface area contributed by atoms with Gasteiger partial charge in [0.15, 0.2) is 23.0 Å². The van der Waals surface area contributed by atoms with E-state index in [9.17, 15) is 14.7 Å². The number of hydrogen-bond acceptors (Lipinski definition) is 10. The molecule has 0 spiro atoms. The Morgan fingerprint density at radius 2 is 1.63 bits per heavy atom. The van der Waals surface area contributed by atoms with Crippen LogP contribution in [0.15, 0.2) is 24.3 Å². The van der Waals surface area contributed by atoms with E-state index in [2.05, 4.69) is 22.2 Å². The van der Waals surface area contributed by atoms with E-state index in [1.165, 1.54) is 14.2 Å². The van der Waals surface area contributed by atoms with Gasteiger partial charge in [-0.3, -0.25) is 9.59 Å². The summed E-state index contributed by atoms with van der Waals surface area (Å²) in [7, 11) is 9.06. The van der Waals surface area contributed by atoms with E-state index in [1.807, 2.05) is 26.2 Å². The van der Waals surface area contributed by atoms with Crippen LogP contribution >= 0.6 is 0 Å². The second kappa shape index (κ2) is 12.0. The number of carbonyl (C=O) groups is 2. The maximum atomic E-state index is 13.3. The maximum Gasteiger partial charge on any atom is 0.310 e. The molecule has 1 amide bonds. The summed E-state index contributed by atoms with van der Waals surface area (Å²) in [5, 5.41) is 13.8. The molecule has 4 unspecified atom stereocenters. The summed E-state index contributed by atoms with van der Waals surface area (Å²) in [5.41, 5.74) is 2.38. The first-order chi connectivity index (χ1) is 19.7. The van der Waals surface area contributed by atoms with Gasteiger partial charge in [0.1, 0.15) is 0 Å². The first-order valence-corrected chi connectivity index (χ1v) is 13.9. The number of cyclic esters (lactones) is 1. The molecule has 1 fully saturated rings. The largest absolute Gasteiger partial charge is 0.502 e. The molecular formula is C30H39N3O8. The summed E-state index contributed by atoms with van der Waals surface area (Å²) in [6.45, 7) is 2.96. The second-order valence-electron chi connectivity index (χ2n) is 11.2. The fraction of sp³-hybridized carbons (Fsp3) is 0.533. The summed E-state index contributed by atoms with van der Waals surface area (Å²) >= 11 is 0. The van der Waals surface area contributed by atoms with E-state index in [1.54, 1.807) is 12.1 Å². The number of aromatic hydroxyl groups is 1. The highest BCUT2D eigenvalue weighted by Crippen LogP contribution is 2.55. The third-order valence-electron chi connectivity index (χ3n) is 8.24. The highest BCUT2D eigenvalue weighted by Gasteiger charge is 2.53. The molecule has 2 aliphatic heterocycles. The molecule has 11 heteroatoms. The topological polar surface area (TPSA) is 119 Å². The molecule has 3 aliphatic rings. The van der Waals surface area contributed by atoms with Crippen molar-refractivity contribution in [3.8, 4) is 28.7 Å². The SMILES string of the molecule is COc1cc(C2c3cc4c(cc3C(NC(=O)CCCN(C)CCN(C)C)C3COC(=O)C23)OCO4)cc(OC)c1O. The van der Waals surface area contributed by atoms with Crippen LogP contribution in [0.25, 0.3) is 0 Å². The van der Waals surface area contributed by atoms with Crippen LogP contribution in [0.5, 0.6) is 28.7 Å². The van der Waals surface area contributed by atoms with E-state index in [0.717, 1.165) is 42.7 Å². The molecule has 2 aromatic rings. The Labute approximate surface area is 240 Å². The molecule has 0 aromatic heterocycles. The number of carbonyl (C=O) groups excluding carboxylic acids is 2. The van der Waals surface area contributed by atoms with E-state index in [4.69, 9.17) is 23.7 Å². The van der Waals surface area contributed by atoms with Crippen LogP contribution in [0.4, 0.5) is 0 Å². The van der Waals surface area contributed by atoms with Gasteiger partial charge in [0, 0.05) is 31.3 Å². The van der Waals surface area contributed by atoms with Gasteiger partial charge in [-0.1, -0.05) is 0 Å². The predicted octanol–water partition coefficient (Wildman–Crippen LogP) is 2.50. The van der Waals surface area contributed by atoms with Gasteiger partial charge in [-0.15, -0.1) is 0 Å². The zero-order chi connectivity index (χ0) is 29.3. The first-order valence-electron chi connectivity index (χ1n) is 13.9. The number of nitrogens with one attached hydrogen (secondary N) is 1. The van der Waals surface area contributed by atoms with Crippen molar-refractivity contribution >= 4 is 11.9 Å². The smallest absolute Gasteiger partial charge is 0.310 e. The van der Waals surface area contributed by atoms with Crippen LogP contribution in [-0.2, 0) is 14.3 Å². The average Bonchev–Trinajstić information content (AvgIpc) is 3.57. The normalized spacial score (nSPS) is 22.4. The lowest BCUT2D eigenvalue weighted by Crippen LogP contribution is -2.43. The molecule has 2 heterocycles. The molecule has 5 rings (SSSR count). The van der Waals surface area contributed by atoms with Crippen LogP contribution < -0.4 is 24.3 Å². The van der Waals surface area contributed by atoms with E-state index in [0.29, 0.717) is 17.9 Å². The molecule has 0 saturated carbocycles. The van der Waals surface area contributed by atoms with Gasteiger partial charge in [0.25, 0.3) is 0 Å². The average molecular weight is 570 g/mol. The Balaban J connectivity index is 1.47. The van der Waals surface area contributed by atoms with E-state index in [-0.39, 0.29) is 48.4 Å². The molecule has 2 N–H and O–H groups in total. The molecule has 222 valence electrons. The van der Waals surface area contributed by atoms with Crippen molar-refractivity contribution in [2.24, 2.45) is 11.8 Å². The summed E-state index contributed by atoms with van der Waals surface area (Å²) in [6, 6.07) is 6.76. The Kier molecular flexibility index (Phi) is 8.46. The Morgan fingerprint density at radius 1 is 0.976 bits per heavy atom. The summed E-state index contributed by atoms with van der Waals surface area (Å²) in [4.78, 5) is 30.9. The minimum Gasteiger partial charge on any atom is -0.502 e. The number of fused-ring (bicyclic) bond motifs is 3. The number of esters is 1. The quantitative estimate of drug-likeness (QED) is 0.391. The lowest BCUT2D eigenvalue weighted by molar-refractivity contribution is -0.141. The van der Waals surface area contributed by atoms with Crippen molar-refractivity contribution in [2.75, 3.05) is 68.4 Å². The number of methoxy groups -OCH3 is 2. The van der Waals surface area contributed by atoms with Gasteiger partial charge in [-0.2, -0.15) is 0 Å². The number of amides is 1. The lowest BCUT2D eigenvalue weighted by Gasteiger charge is -2.39. The van der Waals surface area contributed by atoms with Gasteiger partial charge in [-0.05, 0) is 75.1 Å². The molecule has 0 radical (unpaired) electrons. The van der Waals surface area contributed by atoms with Crippen molar-refractivity contribution in [1.29, 1.82) is 0 Å². The van der Waals surface area contributed by atoms with Gasteiger partial charge < -0.3 is 43.9 Å². The van der Waals surface area contributed by atoms with Crippen LogP contribution in [0.1, 0.15) is 41.5 Å². The Hall–Kier alpha value is -3.70. The molecule has 4 atom stereocenters. The van der Waals surface area contributed by atoms with Crippen LogP contribution in [-0.4, -0.2) is 95.2 Å². The molecule has 1 saturated heterocycles. The van der Waals surface area contributed by atoms with Crippen LogP contribution in [0.2, 0.25) is 0 Å². The Morgan fingerprint density at radius 3 is 2.27 bits per heavy atom. The van der Waals surface area contributed by atoms with Crippen LogP contribution in [0.3, 0.4) is 0 Å². The number of rotatable bonds is 11. The van der Waals surface area contributed by atoms with Crippen LogP contribution in [0, 0.1) is 11.8 Å². The highest BCUT2D eigenvalue weighted by molar-refractivity contribution is 5.81. The van der Waals surface area contributed by atoms with Crippen molar-refractivity contribution < 1.29 is 38.4 Å². The van der Waals surface area contributed by atoms with Crippen molar-refractivity contribution in [1.82, 2.24) is 15.1 Å². The van der Waals surface area contributed by atoms with E-state index < -0.39 is 17.9 Å². The minimum atomic E-state index is -0.579. The molecule has 11 nitrogen and oxygen atoms in total. The third-order valence-corrected chi connectivity index (χ3v) is 8.24. The zero-order valence-corrected chi connectivity index (χ0v) is 24.3. The molecule has 0 bridgehead atoms. The lowest BCUT2D eigenvalue weighted by atomic mass is 9.65. The van der Waals surface area contributed by atoms with Crippen molar-refractivity contribution in [3.05, 3.63) is 41.0 Å². The summed E-state index contributed by atoms with van der Waals surface area (Å²) < 4.78 is 27.9. The molecule has 2 aromatic carbocycles. The zero-order valence-electron chi connectivity index (χ0n) is 24.3. The van der Waals surface area contributed by atoms with Gasteiger partial charge in [-0.25, -0.2) is 0 Å². The third kappa shape index (κ3) is 5.73. The number of phenolic OH excluding ortho intramolecular Hbond substituents is 1. The fourth-order valence-electron chi connectivity index (χ4n) is 6.08. The molecular weight excluding hydrogens is 530 g/mol. The highest BCUT2D eigenvalue weighted by atomic mass is 16.7. The second-order valence-corrected chi connectivity index (χ2v) is 11.2. The first kappa shape index (κ1) is 28.8. The predicted molar refractivity (Wildman–Crippen MR) is 150 cm³/mol. The fourth-order valence-corrected chi connectivity index (χ4v) is 6.08. The minimum absolute atomic E-state index is 0.0795. The number of hydrogen-bond donors (Lipinski definition) is 2. The molecule has 1 aliphatic carbocycles. The van der Waals surface area contributed by atoms with Crippen molar-refractivity contribution in [3.63, 3.8) is 0 Å². The summed E-state index contributed by atoms with van der Waals surface area (Å²) in [6.07, 6.45) is 1.08. The molecule has 41 heavy (non-hydrogen) atoms. The number of benzene rings is 2. The van der Waals surface area contributed by atoms with E-state index >= 15 is 0 Å². The standard InChI is InChI=1S/C30H39N3O8/c1-32(2)9-10-33(3)8-6-7-25(34)31-28-19-14-22-21(40-16-41-22)13-18(19)26(27-20(28)15-39-30(27)36)17-11-23(37-4)29(35)24(12-17)38-5/h11-14,20,26-28,35H,6-10,15-16H2,1-5H3,(H,31,34). The van der Waals surface area contributed by atoms with Gasteiger partial charge in [0.2, 0.25) is 18.4 Å². The number of phenols is 1.